The second kappa shape index (κ2) is 4.34. The van der Waals surface area contributed by atoms with Gasteiger partial charge in [0.2, 0.25) is 5.78 Å². The number of fused-ring (bicyclic) bond motifs is 2. The molecule has 0 saturated carbocycles. The molecule has 0 bridgehead atoms. The molecule has 5 nitrogen and oxygen atoms in total. The molecule has 0 aromatic heterocycles. The summed E-state index contributed by atoms with van der Waals surface area (Å²) in [4.78, 5) is 24.9. The molecule has 1 aliphatic rings. The topological polar surface area (TPSA) is 94.8 Å². The Morgan fingerprint density at radius 3 is 2.00 bits per heavy atom. The second-order valence-corrected chi connectivity index (χ2v) is 4.94. The minimum Gasteiger partial charge on any atom is -0.508 e. The first-order valence-electron chi connectivity index (χ1n) is 6.45. The summed E-state index contributed by atoms with van der Waals surface area (Å²) in [5.41, 5.74) is 0.461. The Morgan fingerprint density at radius 1 is 0.810 bits per heavy atom. The first-order valence-corrected chi connectivity index (χ1v) is 6.45. The third kappa shape index (κ3) is 1.78. The molecule has 2 aromatic rings. The van der Waals surface area contributed by atoms with Crippen molar-refractivity contribution in [1.29, 1.82) is 0 Å². The summed E-state index contributed by atoms with van der Waals surface area (Å²) in [6.45, 7) is 1.86. The molecule has 0 unspecified atom stereocenters. The molecule has 5 heteroatoms. The largest absolute Gasteiger partial charge is 0.508 e. The number of carbonyl (C=O) groups is 2. The number of rotatable bonds is 1. The van der Waals surface area contributed by atoms with Crippen molar-refractivity contribution in [3.63, 3.8) is 0 Å². The van der Waals surface area contributed by atoms with Crippen molar-refractivity contribution in [3.05, 3.63) is 52.1 Å². The zero-order valence-electron chi connectivity index (χ0n) is 11.2. The lowest BCUT2D eigenvalue weighted by Crippen LogP contribution is -2.21. The van der Waals surface area contributed by atoms with Gasteiger partial charge in [0.05, 0.1) is 11.1 Å². The highest BCUT2D eigenvalue weighted by molar-refractivity contribution is 6.30. The van der Waals surface area contributed by atoms with Crippen molar-refractivity contribution >= 4 is 11.6 Å². The van der Waals surface area contributed by atoms with Crippen LogP contribution in [-0.2, 0) is 6.42 Å². The van der Waals surface area contributed by atoms with Crippen LogP contribution in [0.25, 0.3) is 0 Å². The molecule has 3 N–H and O–H groups in total. The summed E-state index contributed by atoms with van der Waals surface area (Å²) in [6, 6.07) is 5.13. The van der Waals surface area contributed by atoms with Crippen LogP contribution in [0.5, 0.6) is 17.2 Å². The van der Waals surface area contributed by atoms with Crippen LogP contribution in [0.2, 0.25) is 0 Å². The lowest BCUT2D eigenvalue weighted by Gasteiger charge is -2.20. The van der Waals surface area contributed by atoms with Crippen molar-refractivity contribution in [1.82, 2.24) is 0 Å². The predicted molar refractivity (Wildman–Crippen MR) is 74.1 cm³/mol. The molecule has 0 atom stereocenters. The first-order chi connectivity index (χ1) is 9.93. The fourth-order valence-electron chi connectivity index (χ4n) is 2.61. The van der Waals surface area contributed by atoms with E-state index in [9.17, 15) is 24.9 Å². The summed E-state index contributed by atoms with van der Waals surface area (Å²) < 4.78 is 0. The van der Waals surface area contributed by atoms with E-state index in [1.165, 1.54) is 6.07 Å². The van der Waals surface area contributed by atoms with Crippen LogP contribution in [-0.4, -0.2) is 26.9 Å². The Kier molecular flexibility index (Phi) is 2.73. The van der Waals surface area contributed by atoms with Gasteiger partial charge in [-0.2, -0.15) is 0 Å². The highest BCUT2D eigenvalue weighted by Gasteiger charge is 2.35. The zero-order chi connectivity index (χ0) is 15.3. The number of aryl methyl sites for hydroxylation is 1. The lowest BCUT2D eigenvalue weighted by molar-refractivity contribution is 0.0974. The van der Waals surface area contributed by atoms with Crippen LogP contribution < -0.4 is 0 Å². The van der Waals surface area contributed by atoms with Gasteiger partial charge < -0.3 is 15.3 Å². The summed E-state index contributed by atoms with van der Waals surface area (Å²) in [7, 11) is 0. The van der Waals surface area contributed by atoms with Crippen molar-refractivity contribution in [2.75, 3.05) is 0 Å². The number of phenolic OH excluding ortho intramolecular Hbond substituents is 3. The summed E-state index contributed by atoms with van der Waals surface area (Å²) in [5, 5.41) is 29.4. The Morgan fingerprint density at radius 2 is 1.38 bits per heavy atom. The SMILES string of the molecule is CCc1cc(O)c2c(c1)C(=O)c1cc(O)cc(O)c1C2=O. The first kappa shape index (κ1) is 13.2. The molecule has 0 fully saturated rings. The van der Waals surface area contributed by atoms with E-state index >= 15 is 0 Å². The summed E-state index contributed by atoms with van der Waals surface area (Å²) >= 11 is 0. The predicted octanol–water partition coefficient (Wildman–Crippen LogP) is 2.14. The van der Waals surface area contributed by atoms with Gasteiger partial charge >= 0.3 is 0 Å². The van der Waals surface area contributed by atoms with E-state index in [-0.39, 0.29) is 33.8 Å². The van der Waals surface area contributed by atoms with Crippen LogP contribution in [0.1, 0.15) is 44.3 Å². The molecule has 0 amide bonds. The van der Waals surface area contributed by atoms with E-state index in [1.54, 1.807) is 6.07 Å². The van der Waals surface area contributed by atoms with Gasteiger partial charge in [0.15, 0.2) is 5.78 Å². The Balaban J connectivity index is 2.35. The number of hydrogen-bond donors (Lipinski definition) is 3. The summed E-state index contributed by atoms with van der Waals surface area (Å²) in [5.74, 6) is -2.19. The van der Waals surface area contributed by atoms with Crippen LogP contribution >= 0.6 is 0 Å². The highest BCUT2D eigenvalue weighted by Crippen LogP contribution is 2.39. The molecule has 0 aliphatic heterocycles. The van der Waals surface area contributed by atoms with Crippen LogP contribution in [0, 0.1) is 0 Å². The van der Waals surface area contributed by atoms with Crippen LogP contribution in [0.4, 0.5) is 0 Å². The Hall–Kier alpha value is -2.82. The lowest BCUT2D eigenvalue weighted by atomic mass is 9.82. The molecule has 2 aromatic carbocycles. The highest BCUT2D eigenvalue weighted by atomic mass is 16.3. The third-order valence-electron chi connectivity index (χ3n) is 3.63. The molecule has 3 rings (SSSR count). The van der Waals surface area contributed by atoms with Crippen molar-refractivity contribution < 1.29 is 24.9 Å². The number of benzene rings is 2. The normalized spacial score (nSPS) is 13.0. The van der Waals surface area contributed by atoms with Gasteiger partial charge in [-0.1, -0.05) is 6.92 Å². The molecule has 0 heterocycles. The van der Waals surface area contributed by atoms with Crippen LogP contribution in [0.15, 0.2) is 24.3 Å². The number of carbonyl (C=O) groups excluding carboxylic acids is 2. The molecule has 0 spiro atoms. The van der Waals surface area contributed by atoms with Gasteiger partial charge in [-0.25, -0.2) is 0 Å². The van der Waals surface area contributed by atoms with E-state index in [0.717, 1.165) is 17.7 Å². The number of aromatic hydroxyl groups is 3. The molecule has 1 aliphatic carbocycles. The van der Waals surface area contributed by atoms with Crippen LogP contribution in [0.3, 0.4) is 0 Å². The average molecular weight is 284 g/mol. The van der Waals surface area contributed by atoms with Crippen molar-refractivity contribution in [2.24, 2.45) is 0 Å². The van der Waals surface area contributed by atoms with Crippen molar-refractivity contribution in [2.45, 2.75) is 13.3 Å². The molecule has 0 saturated heterocycles. The number of ketones is 2. The second-order valence-electron chi connectivity index (χ2n) is 4.94. The maximum atomic E-state index is 12.5. The van der Waals surface area contributed by atoms with Gasteiger partial charge in [-0.05, 0) is 30.2 Å². The molecular formula is C16H12O5. The average Bonchev–Trinajstić information content (AvgIpc) is 2.43. The van der Waals surface area contributed by atoms with Gasteiger partial charge in [0, 0.05) is 17.2 Å². The zero-order valence-corrected chi connectivity index (χ0v) is 11.2. The van der Waals surface area contributed by atoms with E-state index in [4.69, 9.17) is 0 Å². The Bertz CT molecular complexity index is 805. The van der Waals surface area contributed by atoms with E-state index in [2.05, 4.69) is 0 Å². The fourth-order valence-corrected chi connectivity index (χ4v) is 2.61. The standard InChI is InChI=1S/C16H12O5/c1-2-7-3-9-13(11(18)4-7)16(21)14-10(15(9)20)5-8(17)6-12(14)19/h3-6,17-19H,2H2,1H3. The van der Waals surface area contributed by atoms with E-state index in [0.29, 0.717) is 6.42 Å². The third-order valence-corrected chi connectivity index (χ3v) is 3.63. The smallest absolute Gasteiger partial charge is 0.201 e. The maximum absolute atomic E-state index is 12.5. The molecule has 0 radical (unpaired) electrons. The van der Waals surface area contributed by atoms with Gasteiger partial charge in [-0.15, -0.1) is 0 Å². The quantitative estimate of drug-likeness (QED) is 0.636. The van der Waals surface area contributed by atoms with E-state index in [1.807, 2.05) is 6.92 Å². The number of phenols is 3. The van der Waals surface area contributed by atoms with Gasteiger partial charge in [0.1, 0.15) is 17.2 Å². The summed E-state index contributed by atoms with van der Waals surface area (Å²) in [6.07, 6.45) is 0.598. The maximum Gasteiger partial charge on any atom is 0.201 e. The minimum atomic E-state index is -0.628. The Labute approximate surface area is 120 Å². The fraction of sp³-hybridized carbons (Fsp3) is 0.125. The van der Waals surface area contributed by atoms with Gasteiger partial charge in [0.25, 0.3) is 0 Å². The van der Waals surface area contributed by atoms with Gasteiger partial charge in [-0.3, -0.25) is 9.59 Å². The molecular weight excluding hydrogens is 272 g/mol. The monoisotopic (exact) mass is 284 g/mol. The molecule has 106 valence electrons. The molecule has 21 heavy (non-hydrogen) atoms. The minimum absolute atomic E-state index is 0.0577. The van der Waals surface area contributed by atoms with Crippen molar-refractivity contribution in [3.8, 4) is 17.2 Å². The number of hydrogen-bond acceptors (Lipinski definition) is 5. The van der Waals surface area contributed by atoms with E-state index < -0.39 is 17.3 Å².